The minimum absolute atomic E-state index is 0.265. The molecule has 0 bridgehead atoms. The molecule has 6 rings (SSSR count). The van der Waals surface area contributed by atoms with Gasteiger partial charge in [0.15, 0.2) is 11.5 Å². The van der Waals surface area contributed by atoms with Crippen LogP contribution in [0.2, 0.25) is 0 Å². The van der Waals surface area contributed by atoms with Gasteiger partial charge in [-0.1, -0.05) is 78.3 Å². The molecule has 1 aliphatic heterocycles. The van der Waals surface area contributed by atoms with Gasteiger partial charge in [-0.2, -0.15) is 0 Å². The summed E-state index contributed by atoms with van der Waals surface area (Å²) in [5.41, 5.74) is 19.4. The predicted molar refractivity (Wildman–Crippen MR) is 184 cm³/mol. The van der Waals surface area contributed by atoms with Crippen molar-refractivity contribution < 1.29 is 0 Å². The summed E-state index contributed by atoms with van der Waals surface area (Å²) in [6, 6.07) is 16.9. The Kier molecular flexibility index (Phi) is 13.6. The van der Waals surface area contributed by atoms with Crippen molar-refractivity contribution in [3.8, 4) is 17.1 Å². The van der Waals surface area contributed by atoms with E-state index in [9.17, 15) is 0 Å². The van der Waals surface area contributed by atoms with Gasteiger partial charge in [0.2, 0.25) is 0 Å². The highest BCUT2D eigenvalue weighted by molar-refractivity contribution is 5.85. The Morgan fingerprint density at radius 2 is 1.65 bits per heavy atom. The molecule has 230 valence electrons. The second-order valence-corrected chi connectivity index (χ2v) is 10.0. The summed E-state index contributed by atoms with van der Waals surface area (Å²) in [5.74, 6) is 1.19. The lowest BCUT2D eigenvalue weighted by atomic mass is 10.0. The van der Waals surface area contributed by atoms with E-state index in [1.54, 1.807) is 6.20 Å². The van der Waals surface area contributed by atoms with Crippen LogP contribution in [-0.4, -0.2) is 43.6 Å². The Bertz CT molecular complexity index is 1470. The summed E-state index contributed by atoms with van der Waals surface area (Å²) in [6.07, 6.45) is 14.0. The standard InChI is InChI=1S/C30H33N7.3C2H6/c31-23-9-4-5-18-36(20-23)19-21-11-13-24(14-12-21)37-29(25-10-6-17-33-28(25)32)35-27-16-15-26(34-30(27)37)22-7-2-1-3-8-22;3*1-2/h2,6-8,10-17,23H,1,3-5,9,18-20,31H2,(H2,32,33);3*1-2H3. The largest absolute Gasteiger partial charge is 0.383 e. The van der Waals surface area contributed by atoms with Gasteiger partial charge in [0.1, 0.15) is 11.3 Å². The second-order valence-electron chi connectivity index (χ2n) is 10.0. The molecule has 43 heavy (non-hydrogen) atoms. The van der Waals surface area contributed by atoms with Crippen molar-refractivity contribution in [1.29, 1.82) is 0 Å². The molecule has 1 unspecified atom stereocenters. The topological polar surface area (TPSA) is 98.9 Å². The smallest absolute Gasteiger partial charge is 0.165 e. The molecule has 0 spiro atoms. The Balaban J connectivity index is 0.000000796. The van der Waals surface area contributed by atoms with Crippen LogP contribution in [0.5, 0.6) is 0 Å². The summed E-state index contributed by atoms with van der Waals surface area (Å²) < 4.78 is 2.10. The number of hydrogen-bond donors (Lipinski definition) is 2. The number of nitrogen functional groups attached to an aromatic ring is 1. The number of nitrogens with two attached hydrogens (primary N) is 2. The van der Waals surface area contributed by atoms with Gasteiger partial charge in [0.25, 0.3) is 0 Å². The number of hydrogen-bond acceptors (Lipinski definition) is 6. The zero-order chi connectivity index (χ0) is 31.2. The molecule has 1 atom stereocenters. The molecular weight excluding hydrogens is 530 g/mol. The van der Waals surface area contributed by atoms with Crippen LogP contribution in [0.3, 0.4) is 0 Å². The molecule has 0 saturated carbocycles. The molecule has 4 aromatic rings. The van der Waals surface area contributed by atoms with Crippen molar-refractivity contribution in [1.82, 2.24) is 24.4 Å². The molecule has 4 N–H and O–H groups in total. The summed E-state index contributed by atoms with van der Waals surface area (Å²) in [4.78, 5) is 16.8. The fourth-order valence-corrected chi connectivity index (χ4v) is 5.36. The van der Waals surface area contributed by atoms with Crippen molar-refractivity contribution in [2.24, 2.45) is 5.73 Å². The summed E-state index contributed by atoms with van der Waals surface area (Å²) in [5, 5.41) is 0. The van der Waals surface area contributed by atoms with E-state index in [0.29, 0.717) is 5.82 Å². The number of likely N-dealkylation sites (tertiary alicyclic amines) is 1. The number of anilines is 1. The van der Waals surface area contributed by atoms with E-state index in [4.69, 9.17) is 21.4 Å². The number of allylic oxidation sites excluding steroid dienone is 4. The molecule has 0 radical (unpaired) electrons. The number of nitrogens with zero attached hydrogens (tertiary/aromatic N) is 5. The maximum Gasteiger partial charge on any atom is 0.165 e. The molecule has 3 aromatic heterocycles. The highest BCUT2D eigenvalue weighted by atomic mass is 15.1. The van der Waals surface area contributed by atoms with Crippen LogP contribution in [0.15, 0.2) is 73.0 Å². The maximum absolute atomic E-state index is 6.30. The number of benzene rings is 1. The van der Waals surface area contributed by atoms with Crippen molar-refractivity contribution in [3.63, 3.8) is 0 Å². The fraction of sp³-hybridized carbons (Fsp3) is 0.417. The van der Waals surface area contributed by atoms with Crippen LogP contribution in [0.25, 0.3) is 33.8 Å². The third kappa shape index (κ3) is 8.39. The number of fused-ring (bicyclic) bond motifs is 1. The van der Waals surface area contributed by atoms with E-state index in [0.717, 1.165) is 78.4 Å². The van der Waals surface area contributed by atoms with Crippen molar-refractivity contribution in [2.75, 3.05) is 18.8 Å². The van der Waals surface area contributed by atoms with Crippen molar-refractivity contribution in [3.05, 3.63) is 84.2 Å². The monoisotopic (exact) mass is 581 g/mol. The van der Waals surface area contributed by atoms with E-state index in [1.165, 1.54) is 18.4 Å². The van der Waals surface area contributed by atoms with Crippen molar-refractivity contribution >= 4 is 22.6 Å². The Hall–Kier alpha value is -3.81. The maximum atomic E-state index is 6.30. The van der Waals surface area contributed by atoms with E-state index in [2.05, 4.69) is 56.9 Å². The minimum atomic E-state index is 0.265. The molecule has 0 amide bonds. The molecular formula is C36H51N7. The highest BCUT2D eigenvalue weighted by Crippen LogP contribution is 2.32. The van der Waals surface area contributed by atoms with Gasteiger partial charge in [0, 0.05) is 31.0 Å². The average Bonchev–Trinajstić information content (AvgIpc) is 3.32. The number of pyridine rings is 2. The molecule has 1 aromatic carbocycles. The van der Waals surface area contributed by atoms with Crippen molar-refractivity contribution in [2.45, 2.75) is 86.2 Å². The zero-order valence-electron chi connectivity index (χ0n) is 27.1. The Morgan fingerprint density at radius 1 is 0.884 bits per heavy atom. The van der Waals surface area contributed by atoms with Gasteiger partial charge in [-0.05, 0) is 79.8 Å². The van der Waals surface area contributed by atoms with Crippen LogP contribution < -0.4 is 11.5 Å². The molecule has 2 aliphatic rings. The average molecular weight is 582 g/mol. The first-order valence-corrected chi connectivity index (χ1v) is 16.2. The first kappa shape index (κ1) is 33.7. The third-order valence-electron chi connectivity index (χ3n) is 7.27. The summed E-state index contributed by atoms with van der Waals surface area (Å²) in [7, 11) is 0. The number of imidazole rings is 1. The van der Waals surface area contributed by atoms with Gasteiger partial charge in [-0.25, -0.2) is 15.0 Å². The van der Waals surface area contributed by atoms with Crippen LogP contribution in [-0.2, 0) is 6.54 Å². The lowest BCUT2D eigenvalue weighted by molar-refractivity contribution is 0.265. The normalized spacial score (nSPS) is 16.4. The molecule has 7 heteroatoms. The molecule has 4 heterocycles. The van der Waals surface area contributed by atoms with Gasteiger partial charge < -0.3 is 11.5 Å². The van der Waals surface area contributed by atoms with Crippen LogP contribution in [0.4, 0.5) is 5.82 Å². The lowest BCUT2D eigenvalue weighted by Crippen LogP contribution is -2.35. The number of rotatable bonds is 5. The van der Waals surface area contributed by atoms with Gasteiger partial charge >= 0.3 is 0 Å². The first-order valence-electron chi connectivity index (χ1n) is 16.2. The number of aromatic nitrogens is 4. The molecule has 7 nitrogen and oxygen atoms in total. The third-order valence-corrected chi connectivity index (χ3v) is 7.27. The quantitative estimate of drug-likeness (QED) is 0.246. The van der Waals surface area contributed by atoms with Crippen LogP contribution in [0.1, 0.15) is 84.9 Å². The van der Waals surface area contributed by atoms with Crippen LogP contribution >= 0.6 is 0 Å². The Labute approximate surface area is 258 Å². The molecule has 1 saturated heterocycles. The predicted octanol–water partition coefficient (Wildman–Crippen LogP) is 8.19. The highest BCUT2D eigenvalue weighted by Gasteiger charge is 2.20. The SMILES string of the molecule is CC.CC.CC.Nc1ncccc1-c1nc2ccc(C3=CCCC=C3)nc2n1-c1ccc(CN2CCCCC(N)C2)cc1. The Morgan fingerprint density at radius 3 is 2.35 bits per heavy atom. The minimum Gasteiger partial charge on any atom is -0.383 e. The van der Waals surface area contributed by atoms with Gasteiger partial charge in [-0.15, -0.1) is 0 Å². The second kappa shape index (κ2) is 17.3. The first-order chi connectivity index (χ1) is 21.2. The van der Waals surface area contributed by atoms with Gasteiger partial charge in [-0.3, -0.25) is 9.47 Å². The lowest BCUT2D eigenvalue weighted by Gasteiger charge is -2.22. The molecule has 1 aliphatic carbocycles. The van der Waals surface area contributed by atoms with Gasteiger partial charge in [0.05, 0.1) is 11.3 Å². The fourth-order valence-electron chi connectivity index (χ4n) is 5.36. The van der Waals surface area contributed by atoms with E-state index in [-0.39, 0.29) is 6.04 Å². The van der Waals surface area contributed by atoms with E-state index < -0.39 is 0 Å². The summed E-state index contributed by atoms with van der Waals surface area (Å²) >= 11 is 0. The van der Waals surface area contributed by atoms with E-state index >= 15 is 0 Å². The van der Waals surface area contributed by atoms with Crippen LogP contribution in [0, 0.1) is 0 Å². The zero-order valence-corrected chi connectivity index (χ0v) is 27.1. The van der Waals surface area contributed by atoms with E-state index in [1.807, 2.05) is 65.8 Å². The summed E-state index contributed by atoms with van der Waals surface area (Å²) in [6.45, 7) is 15.0. The molecule has 1 fully saturated rings.